The second-order valence-electron chi connectivity index (χ2n) is 3.90. The zero-order valence-electron chi connectivity index (χ0n) is 10.3. The maximum atomic E-state index is 13.2. The van der Waals surface area contributed by atoms with E-state index < -0.39 is 40.4 Å². The van der Waals surface area contributed by atoms with Gasteiger partial charge in [-0.3, -0.25) is 0 Å². The molecule has 0 aliphatic rings. The van der Waals surface area contributed by atoms with Crippen molar-refractivity contribution in [3.63, 3.8) is 0 Å². The number of carbonyl (C=O) groups is 1. The summed E-state index contributed by atoms with van der Waals surface area (Å²) < 4.78 is 101. The molecule has 0 saturated heterocycles. The zero-order chi connectivity index (χ0) is 17.6. The Hall–Kier alpha value is -2.61. The van der Waals surface area contributed by atoms with Crippen LogP contribution in [0.5, 0.6) is 0 Å². The van der Waals surface area contributed by atoms with Crippen LogP contribution in [-0.4, -0.2) is 42.2 Å². The van der Waals surface area contributed by atoms with Gasteiger partial charge in [-0.1, -0.05) is 10.4 Å². The van der Waals surface area contributed by atoms with Crippen LogP contribution in [0.3, 0.4) is 0 Å². The first-order valence-electron chi connectivity index (χ1n) is 5.26. The van der Waals surface area contributed by atoms with Crippen LogP contribution in [0.4, 0.5) is 39.9 Å². The Morgan fingerprint density at radius 2 is 1.61 bits per heavy atom. The van der Waals surface area contributed by atoms with Crippen LogP contribution in [0.25, 0.3) is 0 Å². The fourth-order valence-corrected chi connectivity index (χ4v) is 1.42. The van der Waals surface area contributed by atoms with E-state index in [4.69, 9.17) is 0 Å². The van der Waals surface area contributed by atoms with Crippen molar-refractivity contribution in [3.8, 4) is 0 Å². The quantitative estimate of drug-likeness (QED) is 0.736. The Bertz CT molecular complexity index is 714. The molecule has 0 aliphatic heterocycles. The largest absolute Gasteiger partial charge is 0.459 e. The molecule has 2 aromatic heterocycles. The molecule has 0 radical (unpaired) electrons. The summed E-state index contributed by atoms with van der Waals surface area (Å²) in [6, 6.07) is -1.80. The number of hydrogen-bond donors (Lipinski definition) is 0. The van der Waals surface area contributed by atoms with Crippen LogP contribution >= 0.6 is 0 Å². The van der Waals surface area contributed by atoms with Crippen LogP contribution in [0.1, 0.15) is 11.4 Å². The smallest absolute Gasteiger partial charge is 0.243 e. The normalized spacial score (nSPS) is 13.4. The van der Waals surface area contributed by atoms with Gasteiger partial charge in [0.1, 0.15) is 0 Å². The van der Waals surface area contributed by atoms with Crippen LogP contribution in [0, 0.1) is 0 Å². The molecule has 2 rings (SSSR count). The summed E-state index contributed by atoms with van der Waals surface area (Å²) in [6.07, 6.45) is -10.6. The summed E-state index contributed by atoms with van der Waals surface area (Å²) in [5.41, 5.74) is -5.41. The number of alkyl halides is 8. The summed E-state index contributed by atoms with van der Waals surface area (Å²) in [7, 11) is 0. The average Bonchev–Trinajstić information content (AvgIpc) is 3.05. The minimum atomic E-state index is -6.37. The maximum absolute atomic E-state index is 13.2. The van der Waals surface area contributed by atoms with E-state index in [2.05, 4.69) is 20.6 Å². The lowest BCUT2D eigenvalue weighted by molar-refractivity contribution is -0.292. The van der Waals surface area contributed by atoms with E-state index in [0.717, 1.165) is 12.4 Å². The van der Waals surface area contributed by atoms with Gasteiger partial charge >= 0.3 is 24.3 Å². The highest BCUT2D eigenvalue weighted by Gasteiger charge is 2.64. The first kappa shape index (κ1) is 16.8. The van der Waals surface area contributed by atoms with Crippen LogP contribution in [0.15, 0.2) is 12.4 Å². The molecule has 0 aliphatic carbocycles. The second-order valence-corrected chi connectivity index (χ2v) is 3.90. The van der Waals surface area contributed by atoms with Gasteiger partial charge in [-0.05, 0) is 0 Å². The van der Waals surface area contributed by atoms with Crippen LogP contribution in [-0.2, 0) is 12.1 Å². The first-order valence-corrected chi connectivity index (χ1v) is 5.26. The van der Waals surface area contributed by atoms with Crippen molar-refractivity contribution in [2.45, 2.75) is 18.3 Å². The van der Waals surface area contributed by atoms with E-state index >= 15 is 0 Å². The van der Waals surface area contributed by atoms with E-state index in [1.807, 2.05) is 0 Å². The van der Waals surface area contributed by atoms with Crippen molar-refractivity contribution in [1.82, 2.24) is 30.0 Å². The van der Waals surface area contributed by atoms with E-state index in [9.17, 15) is 39.9 Å². The fourth-order valence-electron chi connectivity index (χ4n) is 1.42. The molecule has 0 unspecified atom stereocenters. The Morgan fingerprint density at radius 3 is 2.04 bits per heavy atom. The molecule has 23 heavy (non-hydrogen) atoms. The number of aromatic nitrogens is 6. The van der Waals surface area contributed by atoms with Gasteiger partial charge in [0, 0.05) is 0 Å². The molecule has 2 aromatic rings. The van der Waals surface area contributed by atoms with E-state index in [-0.39, 0.29) is 4.68 Å². The standard InChI is InChI=1S/C8H2F8N6O/c9-6(10,8(14,15)16)3-4(7(11,12)13)22(20-18-3)5(23)21-2-1-17-19-21/h1-2H. The molecule has 0 N–H and O–H groups in total. The summed E-state index contributed by atoms with van der Waals surface area (Å²) in [6.45, 7) is 0. The van der Waals surface area contributed by atoms with E-state index in [1.54, 1.807) is 0 Å². The molecule has 7 nitrogen and oxygen atoms in total. The molecular formula is C8H2F8N6O. The highest BCUT2D eigenvalue weighted by Crippen LogP contribution is 2.47. The third kappa shape index (κ3) is 2.72. The van der Waals surface area contributed by atoms with Crippen LogP contribution in [0.2, 0.25) is 0 Å². The van der Waals surface area contributed by atoms with Gasteiger partial charge in [-0.2, -0.15) is 44.5 Å². The lowest BCUT2D eigenvalue weighted by Crippen LogP contribution is -2.37. The van der Waals surface area contributed by atoms with Gasteiger partial charge < -0.3 is 0 Å². The molecule has 15 heteroatoms. The average molecular weight is 350 g/mol. The summed E-state index contributed by atoms with van der Waals surface area (Å²) in [4.78, 5) is 11.7. The molecule has 0 spiro atoms. The van der Waals surface area contributed by atoms with Gasteiger partial charge in [0.2, 0.25) is 0 Å². The number of carbonyl (C=O) groups excluding carboxylic acids is 1. The number of rotatable bonds is 1. The van der Waals surface area contributed by atoms with Gasteiger partial charge in [0.15, 0.2) is 11.4 Å². The molecule has 0 atom stereocenters. The van der Waals surface area contributed by atoms with Crippen molar-refractivity contribution < 1.29 is 39.9 Å². The SMILES string of the molecule is O=C(n1ccnn1)n1nnc(C(F)(F)C(F)(F)F)c1C(F)(F)F. The van der Waals surface area contributed by atoms with Crippen LogP contribution < -0.4 is 0 Å². The predicted molar refractivity (Wildman–Crippen MR) is 51.2 cm³/mol. The molecule has 0 aromatic carbocycles. The summed E-state index contributed by atoms with van der Waals surface area (Å²) in [5.74, 6) is -5.97. The van der Waals surface area contributed by atoms with Gasteiger partial charge in [0.05, 0.1) is 12.4 Å². The molecule has 2 heterocycles. The number of halogens is 8. The third-order valence-electron chi connectivity index (χ3n) is 2.39. The second kappa shape index (κ2) is 4.95. The van der Waals surface area contributed by atoms with Crippen molar-refractivity contribution >= 4 is 6.03 Å². The van der Waals surface area contributed by atoms with Crippen molar-refractivity contribution in [2.24, 2.45) is 0 Å². The highest BCUT2D eigenvalue weighted by atomic mass is 19.4. The Morgan fingerprint density at radius 1 is 1.00 bits per heavy atom. The van der Waals surface area contributed by atoms with Crippen molar-refractivity contribution in [1.29, 1.82) is 0 Å². The zero-order valence-corrected chi connectivity index (χ0v) is 10.3. The summed E-state index contributed by atoms with van der Waals surface area (Å²) >= 11 is 0. The molecule has 0 bridgehead atoms. The molecule has 0 amide bonds. The maximum Gasteiger partial charge on any atom is 0.459 e. The monoisotopic (exact) mass is 350 g/mol. The highest BCUT2D eigenvalue weighted by molar-refractivity contribution is 5.78. The molecule has 0 saturated carbocycles. The lowest BCUT2D eigenvalue weighted by Gasteiger charge is -2.19. The predicted octanol–water partition coefficient (Wildman–Crippen LogP) is 2.06. The van der Waals surface area contributed by atoms with Gasteiger partial charge in [-0.15, -0.1) is 10.2 Å². The minimum absolute atomic E-state index is 0.138. The Labute approximate surface area is 119 Å². The van der Waals surface area contributed by atoms with Crippen molar-refractivity contribution in [3.05, 3.63) is 23.8 Å². The topological polar surface area (TPSA) is 78.5 Å². The lowest BCUT2D eigenvalue weighted by atomic mass is 10.1. The molecular weight excluding hydrogens is 348 g/mol. The van der Waals surface area contributed by atoms with E-state index in [1.165, 1.54) is 0 Å². The van der Waals surface area contributed by atoms with Gasteiger partial charge in [0.25, 0.3) is 0 Å². The summed E-state index contributed by atoms with van der Waals surface area (Å²) in [5, 5.41) is 10.7. The Balaban J connectivity index is 2.67. The third-order valence-corrected chi connectivity index (χ3v) is 2.39. The number of hydrogen-bond acceptors (Lipinski definition) is 5. The Kier molecular flexibility index (Phi) is 3.61. The molecule has 0 fully saturated rings. The van der Waals surface area contributed by atoms with E-state index in [0.29, 0.717) is 0 Å². The minimum Gasteiger partial charge on any atom is -0.243 e. The van der Waals surface area contributed by atoms with Gasteiger partial charge in [-0.25, -0.2) is 4.79 Å². The first-order chi connectivity index (χ1) is 10.4. The number of nitrogens with zero attached hydrogens (tertiary/aromatic N) is 6. The fraction of sp³-hybridized carbons (Fsp3) is 0.375. The van der Waals surface area contributed by atoms with Crippen molar-refractivity contribution in [2.75, 3.05) is 0 Å². The molecule has 126 valence electrons.